The molecule has 4 nitrogen and oxygen atoms in total. The Balaban J connectivity index is 1.50. The molecule has 0 N–H and O–H groups in total. The van der Waals surface area contributed by atoms with E-state index >= 15 is 0 Å². The number of aryl methyl sites for hydroxylation is 2. The SMILES string of the molecule is Cc1cc(C)cc(-c2nnc3sc([C@@H](C)c4ccc(-c5ccccc5)c(F)c4)nn23)c1. The predicted molar refractivity (Wildman–Crippen MR) is 123 cm³/mol. The van der Waals surface area contributed by atoms with Gasteiger partial charge in [-0.05, 0) is 43.2 Å². The zero-order valence-corrected chi connectivity index (χ0v) is 18.3. The summed E-state index contributed by atoms with van der Waals surface area (Å²) in [6, 6.07) is 21.3. The fraction of sp³-hybridized carbons (Fsp3) is 0.160. The van der Waals surface area contributed by atoms with Crippen LogP contribution >= 0.6 is 11.3 Å². The van der Waals surface area contributed by atoms with E-state index in [2.05, 4.69) is 42.2 Å². The van der Waals surface area contributed by atoms with Crippen molar-refractivity contribution in [3.63, 3.8) is 0 Å². The highest BCUT2D eigenvalue weighted by molar-refractivity contribution is 7.16. The van der Waals surface area contributed by atoms with E-state index in [9.17, 15) is 4.39 Å². The van der Waals surface area contributed by atoms with E-state index in [1.54, 1.807) is 10.6 Å². The summed E-state index contributed by atoms with van der Waals surface area (Å²) in [7, 11) is 0. The van der Waals surface area contributed by atoms with Gasteiger partial charge in [0.2, 0.25) is 4.96 Å². The summed E-state index contributed by atoms with van der Waals surface area (Å²) in [6.45, 7) is 6.17. The molecular weight excluding hydrogens is 407 g/mol. The first-order valence-corrected chi connectivity index (χ1v) is 11.0. The van der Waals surface area contributed by atoms with Crippen LogP contribution in [0.25, 0.3) is 27.5 Å². The van der Waals surface area contributed by atoms with Gasteiger partial charge >= 0.3 is 0 Å². The molecule has 5 aromatic rings. The highest BCUT2D eigenvalue weighted by Gasteiger charge is 2.20. The number of fused-ring (bicyclic) bond motifs is 1. The molecule has 0 saturated heterocycles. The van der Waals surface area contributed by atoms with Gasteiger partial charge in [-0.1, -0.05) is 77.9 Å². The highest BCUT2D eigenvalue weighted by Crippen LogP contribution is 2.32. The van der Waals surface area contributed by atoms with Crippen molar-refractivity contribution < 1.29 is 4.39 Å². The smallest absolute Gasteiger partial charge is 0.206 e. The molecule has 6 heteroatoms. The minimum atomic E-state index is -0.227. The lowest BCUT2D eigenvalue weighted by Gasteiger charge is -2.11. The highest BCUT2D eigenvalue weighted by atomic mass is 32.1. The lowest BCUT2D eigenvalue weighted by Crippen LogP contribution is -1.99. The topological polar surface area (TPSA) is 43.1 Å². The molecule has 0 aliphatic carbocycles. The fourth-order valence-corrected chi connectivity index (χ4v) is 4.80. The van der Waals surface area contributed by atoms with Crippen LogP contribution in [0.5, 0.6) is 0 Å². The summed E-state index contributed by atoms with van der Waals surface area (Å²) in [5.74, 6) is 0.440. The summed E-state index contributed by atoms with van der Waals surface area (Å²) in [5.41, 5.74) is 5.69. The third kappa shape index (κ3) is 3.64. The molecule has 3 aromatic carbocycles. The second-order valence-corrected chi connectivity index (χ2v) is 8.85. The average molecular weight is 429 g/mol. The standard InChI is InChI=1S/C25H21FN4S/c1-15-11-16(2)13-20(12-15)23-27-28-25-30(23)29-24(31-25)17(3)19-9-10-21(22(26)14-19)18-7-5-4-6-8-18/h4-14,17H,1-3H3/t17-/m0/s1. The van der Waals surface area contributed by atoms with Crippen LogP contribution in [0.15, 0.2) is 66.7 Å². The maximum absolute atomic E-state index is 14.9. The van der Waals surface area contributed by atoms with E-state index in [0.29, 0.717) is 5.56 Å². The maximum Gasteiger partial charge on any atom is 0.234 e. The Bertz CT molecular complexity index is 1370. The zero-order valence-electron chi connectivity index (χ0n) is 17.5. The molecular formula is C25H21FN4S. The largest absolute Gasteiger partial charge is 0.234 e. The molecule has 0 spiro atoms. The van der Waals surface area contributed by atoms with E-state index in [1.807, 2.05) is 49.4 Å². The Morgan fingerprint density at radius 3 is 2.32 bits per heavy atom. The van der Waals surface area contributed by atoms with Crippen molar-refractivity contribution in [2.24, 2.45) is 0 Å². The Hall–Kier alpha value is -3.38. The first-order chi connectivity index (χ1) is 15.0. The zero-order chi connectivity index (χ0) is 21.5. The van der Waals surface area contributed by atoms with Gasteiger partial charge in [0.15, 0.2) is 5.82 Å². The Kier molecular flexibility index (Phi) is 4.87. The molecule has 0 aliphatic rings. The van der Waals surface area contributed by atoms with Crippen molar-refractivity contribution in [1.82, 2.24) is 19.8 Å². The van der Waals surface area contributed by atoms with Crippen LogP contribution < -0.4 is 0 Å². The van der Waals surface area contributed by atoms with Crippen LogP contribution in [-0.4, -0.2) is 19.8 Å². The molecule has 0 unspecified atom stereocenters. The average Bonchev–Trinajstić information content (AvgIpc) is 3.34. The minimum absolute atomic E-state index is 0.0573. The number of hydrogen-bond acceptors (Lipinski definition) is 4. The molecule has 1 atom stereocenters. The summed E-state index contributed by atoms with van der Waals surface area (Å²) in [6.07, 6.45) is 0. The lowest BCUT2D eigenvalue weighted by molar-refractivity contribution is 0.627. The first kappa shape index (κ1) is 19.6. The molecule has 5 rings (SSSR count). The first-order valence-electron chi connectivity index (χ1n) is 10.2. The van der Waals surface area contributed by atoms with Gasteiger partial charge in [-0.2, -0.15) is 9.61 Å². The molecule has 2 aromatic heterocycles. The molecule has 0 amide bonds. The van der Waals surface area contributed by atoms with E-state index in [1.165, 1.54) is 22.5 Å². The maximum atomic E-state index is 14.9. The Labute approximate surface area is 184 Å². The molecule has 0 saturated carbocycles. The predicted octanol–water partition coefficient (Wildman–Crippen LogP) is 6.43. The molecule has 0 aliphatic heterocycles. The van der Waals surface area contributed by atoms with Crippen LogP contribution in [-0.2, 0) is 0 Å². The normalized spacial score (nSPS) is 12.4. The van der Waals surface area contributed by atoms with Gasteiger partial charge in [-0.15, -0.1) is 10.2 Å². The van der Waals surface area contributed by atoms with Gasteiger partial charge < -0.3 is 0 Å². The van der Waals surface area contributed by atoms with Gasteiger partial charge in [-0.3, -0.25) is 0 Å². The summed E-state index contributed by atoms with van der Waals surface area (Å²) in [5, 5.41) is 14.3. The fourth-order valence-electron chi connectivity index (χ4n) is 3.89. The minimum Gasteiger partial charge on any atom is -0.206 e. The molecule has 0 fully saturated rings. The van der Waals surface area contributed by atoms with E-state index in [4.69, 9.17) is 5.10 Å². The third-order valence-electron chi connectivity index (χ3n) is 5.43. The number of benzene rings is 3. The number of nitrogens with zero attached hydrogens (tertiary/aromatic N) is 4. The Morgan fingerprint density at radius 2 is 1.61 bits per heavy atom. The van der Waals surface area contributed by atoms with Crippen molar-refractivity contribution >= 4 is 16.3 Å². The van der Waals surface area contributed by atoms with Crippen molar-refractivity contribution in [1.29, 1.82) is 0 Å². The van der Waals surface area contributed by atoms with Gasteiger partial charge in [-0.25, -0.2) is 4.39 Å². The van der Waals surface area contributed by atoms with Crippen LogP contribution in [0.4, 0.5) is 4.39 Å². The van der Waals surface area contributed by atoms with Gasteiger partial charge in [0.25, 0.3) is 0 Å². The van der Waals surface area contributed by atoms with E-state index < -0.39 is 0 Å². The number of hydrogen-bond donors (Lipinski definition) is 0. The molecule has 154 valence electrons. The second kappa shape index (κ2) is 7.71. The Morgan fingerprint density at radius 1 is 0.871 bits per heavy atom. The van der Waals surface area contributed by atoms with Crippen LogP contribution in [0.2, 0.25) is 0 Å². The van der Waals surface area contributed by atoms with E-state index in [0.717, 1.165) is 32.5 Å². The summed E-state index contributed by atoms with van der Waals surface area (Å²) < 4.78 is 16.7. The number of aromatic nitrogens is 4. The van der Waals surface area contributed by atoms with Gasteiger partial charge in [0, 0.05) is 17.0 Å². The third-order valence-corrected chi connectivity index (χ3v) is 6.52. The van der Waals surface area contributed by atoms with Gasteiger partial charge in [0.05, 0.1) is 0 Å². The van der Waals surface area contributed by atoms with Crippen molar-refractivity contribution in [2.75, 3.05) is 0 Å². The van der Waals surface area contributed by atoms with Crippen molar-refractivity contribution in [3.05, 3.63) is 94.2 Å². The molecule has 0 bridgehead atoms. The summed E-state index contributed by atoms with van der Waals surface area (Å²) >= 11 is 1.49. The molecule has 0 radical (unpaired) electrons. The monoisotopic (exact) mass is 428 g/mol. The molecule has 31 heavy (non-hydrogen) atoms. The number of halogens is 1. The van der Waals surface area contributed by atoms with Crippen LogP contribution in [0.3, 0.4) is 0 Å². The molecule has 2 heterocycles. The lowest BCUT2D eigenvalue weighted by atomic mass is 9.97. The van der Waals surface area contributed by atoms with Crippen LogP contribution in [0, 0.1) is 19.7 Å². The van der Waals surface area contributed by atoms with Crippen molar-refractivity contribution in [2.45, 2.75) is 26.7 Å². The number of rotatable bonds is 4. The quantitative estimate of drug-likeness (QED) is 0.331. The summed E-state index contributed by atoms with van der Waals surface area (Å²) in [4.78, 5) is 0.734. The van der Waals surface area contributed by atoms with Gasteiger partial charge in [0.1, 0.15) is 10.8 Å². The van der Waals surface area contributed by atoms with E-state index in [-0.39, 0.29) is 11.7 Å². The van der Waals surface area contributed by atoms with Crippen molar-refractivity contribution in [3.8, 4) is 22.5 Å². The van der Waals surface area contributed by atoms with Crippen LogP contribution in [0.1, 0.15) is 34.5 Å². The second-order valence-electron chi connectivity index (χ2n) is 7.86.